The molecule has 1 heterocycles. The molecular formula is C14H17F3N2O. The number of carbonyl (C=O) groups is 1. The summed E-state index contributed by atoms with van der Waals surface area (Å²) in [5, 5.41) is 5.47. The molecule has 1 unspecified atom stereocenters. The highest BCUT2D eigenvalue weighted by atomic mass is 19.4. The van der Waals surface area contributed by atoms with Crippen LogP contribution in [-0.2, 0) is 17.8 Å². The number of nitrogens with one attached hydrogen (secondary N) is 2. The Bertz CT molecular complexity index is 488. The van der Waals surface area contributed by atoms with E-state index in [1.165, 1.54) is 6.92 Å². The molecule has 0 fully saturated rings. The van der Waals surface area contributed by atoms with E-state index in [4.69, 9.17) is 0 Å². The third-order valence-electron chi connectivity index (χ3n) is 3.32. The van der Waals surface area contributed by atoms with Crippen molar-refractivity contribution in [3.63, 3.8) is 0 Å². The minimum absolute atomic E-state index is 0.378. The van der Waals surface area contributed by atoms with Crippen LogP contribution in [0.25, 0.3) is 0 Å². The smallest absolute Gasteiger partial charge is 0.352 e. The maximum absolute atomic E-state index is 12.2. The van der Waals surface area contributed by atoms with Crippen LogP contribution in [0.2, 0.25) is 0 Å². The van der Waals surface area contributed by atoms with Crippen molar-refractivity contribution >= 4 is 5.91 Å². The van der Waals surface area contributed by atoms with E-state index in [-0.39, 0.29) is 5.91 Å². The SMILES string of the molecule is CC(CC(F)(F)F)NC(=O)[C@H]1Cc2ccccc2CN1. The standard InChI is InChI=1S/C14H17F3N2O/c1-9(7-14(15,16)17)19-13(20)12-6-10-4-2-3-5-11(10)8-18-12/h2-5,9,12,18H,6-8H2,1H3,(H,19,20)/t9?,12-/m1/s1. The molecule has 0 radical (unpaired) electrons. The second kappa shape index (κ2) is 5.83. The van der Waals surface area contributed by atoms with Crippen molar-refractivity contribution in [2.24, 2.45) is 0 Å². The van der Waals surface area contributed by atoms with Crippen molar-refractivity contribution in [3.05, 3.63) is 35.4 Å². The number of alkyl halides is 3. The number of benzene rings is 1. The number of carbonyl (C=O) groups excluding carboxylic acids is 1. The molecule has 2 atom stereocenters. The van der Waals surface area contributed by atoms with Gasteiger partial charge in [0, 0.05) is 12.6 Å². The lowest BCUT2D eigenvalue weighted by Gasteiger charge is -2.27. The molecule has 110 valence electrons. The highest BCUT2D eigenvalue weighted by molar-refractivity contribution is 5.82. The minimum Gasteiger partial charge on any atom is -0.352 e. The van der Waals surface area contributed by atoms with Gasteiger partial charge in [0.25, 0.3) is 0 Å². The van der Waals surface area contributed by atoms with Gasteiger partial charge >= 0.3 is 6.18 Å². The van der Waals surface area contributed by atoms with E-state index in [0.717, 1.165) is 11.1 Å². The van der Waals surface area contributed by atoms with E-state index in [0.29, 0.717) is 13.0 Å². The minimum atomic E-state index is -4.26. The summed E-state index contributed by atoms with van der Waals surface area (Å²) in [7, 11) is 0. The second-order valence-corrected chi connectivity index (χ2v) is 5.14. The average molecular weight is 286 g/mol. The second-order valence-electron chi connectivity index (χ2n) is 5.14. The van der Waals surface area contributed by atoms with Gasteiger partial charge in [0.05, 0.1) is 12.5 Å². The summed E-state index contributed by atoms with van der Waals surface area (Å²) in [4.78, 5) is 12.0. The van der Waals surface area contributed by atoms with Gasteiger partial charge in [0.1, 0.15) is 0 Å². The summed E-state index contributed by atoms with van der Waals surface area (Å²) in [5.74, 6) is -0.378. The third kappa shape index (κ3) is 3.96. The molecule has 6 heteroatoms. The van der Waals surface area contributed by atoms with Gasteiger partial charge in [0.2, 0.25) is 5.91 Å². The Morgan fingerprint density at radius 2 is 2.05 bits per heavy atom. The lowest BCUT2D eigenvalue weighted by atomic mass is 9.95. The number of halogens is 3. The molecular weight excluding hydrogens is 269 g/mol. The quantitative estimate of drug-likeness (QED) is 0.894. The summed E-state index contributed by atoms with van der Waals surface area (Å²) >= 11 is 0. The largest absolute Gasteiger partial charge is 0.391 e. The van der Waals surface area contributed by atoms with E-state index >= 15 is 0 Å². The topological polar surface area (TPSA) is 41.1 Å². The molecule has 2 rings (SSSR count). The van der Waals surface area contributed by atoms with Crippen LogP contribution >= 0.6 is 0 Å². The number of hydrogen-bond donors (Lipinski definition) is 2. The molecule has 0 saturated carbocycles. The third-order valence-corrected chi connectivity index (χ3v) is 3.32. The predicted octanol–water partition coefficient (Wildman–Crippen LogP) is 2.16. The molecule has 0 aromatic heterocycles. The normalized spacial score (nSPS) is 20.1. The first kappa shape index (κ1) is 14.8. The molecule has 1 aromatic rings. The number of amides is 1. The maximum Gasteiger partial charge on any atom is 0.391 e. The molecule has 1 aliphatic rings. The average Bonchev–Trinajstić information content (AvgIpc) is 2.35. The van der Waals surface area contributed by atoms with Crippen molar-refractivity contribution in [2.45, 2.75) is 44.6 Å². The van der Waals surface area contributed by atoms with Gasteiger partial charge in [0.15, 0.2) is 0 Å². The highest BCUT2D eigenvalue weighted by Gasteiger charge is 2.32. The van der Waals surface area contributed by atoms with Gasteiger partial charge in [-0.2, -0.15) is 13.2 Å². The fourth-order valence-corrected chi connectivity index (χ4v) is 2.38. The molecule has 1 aromatic carbocycles. The van der Waals surface area contributed by atoms with Crippen LogP contribution in [0.4, 0.5) is 13.2 Å². The van der Waals surface area contributed by atoms with Gasteiger partial charge < -0.3 is 10.6 Å². The first-order valence-corrected chi connectivity index (χ1v) is 6.52. The van der Waals surface area contributed by atoms with Crippen LogP contribution in [0.15, 0.2) is 24.3 Å². The Hall–Kier alpha value is -1.56. The molecule has 3 nitrogen and oxygen atoms in total. The lowest BCUT2D eigenvalue weighted by molar-refractivity contribution is -0.141. The highest BCUT2D eigenvalue weighted by Crippen LogP contribution is 2.21. The number of fused-ring (bicyclic) bond motifs is 1. The van der Waals surface area contributed by atoms with Crippen LogP contribution in [0.1, 0.15) is 24.5 Å². The van der Waals surface area contributed by atoms with Gasteiger partial charge in [-0.15, -0.1) is 0 Å². The predicted molar refractivity (Wildman–Crippen MR) is 69.1 cm³/mol. The Labute approximate surface area is 115 Å². The van der Waals surface area contributed by atoms with Crippen LogP contribution in [-0.4, -0.2) is 24.2 Å². The summed E-state index contributed by atoms with van der Waals surface area (Å²) in [6.07, 6.45) is -4.78. The Morgan fingerprint density at radius 3 is 2.70 bits per heavy atom. The zero-order chi connectivity index (χ0) is 14.8. The molecule has 0 aliphatic carbocycles. The van der Waals surface area contributed by atoms with E-state index in [1.807, 2.05) is 24.3 Å². The van der Waals surface area contributed by atoms with Crippen molar-refractivity contribution in [3.8, 4) is 0 Å². The van der Waals surface area contributed by atoms with Crippen molar-refractivity contribution in [2.75, 3.05) is 0 Å². The number of rotatable bonds is 3. The van der Waals surface area contributed by atoms with Gasteiger partial charge in [-0.05, 0) is 24.5 Å². The molecule has 20 heavy (non-hydrogen) atoms. The molecule has 0 saturated heterocycles. The van der Waals surface area contributed by atoms with Crippen LogP contribution in [0.3, 0.4) is 0 Å². The number of hydrogen-bond acceptors (Lipinski definition) is 2. The van der Waals surface area contributed by atoms with Gasteiger partial charge in [-0.3, -0.25) is 4.79 Å². The fourth-order valence-electron chi connectivity index (χ4n) is 2.38. The van der Waals surface area contributed by atoms with E-state index in [9.17, 15) is 18.0 Å². The van der Waals surface area contributed by atoms with Gasteiger partial charge in [-0.25, -0.2) is 0 Å². The van der Waals surface area contributed by atoms with Crippen molar-refractivity contribution in [1.82, 2.24) is 10.6 Å². The summed E-state index contributed by atoms with van der Waals surface area (Å²) in [6, 6.07) is 6.35. The Morgan fingerprint density at radius 1 is 1.40 bits per heavy atom. The maximum atomic E-state index is 12.2. The van der Waals surface area contributed by atoms with Crippen molar-refractivity contribution < 1.29 is 18.0 Å². The summed E-state index contributed by atoms with van der Waals surface area (Å²) < 4.78 is 36.7. The molecule has 0 bridgehead atoms. The Balaban J connectivity index is 1.92. The first-order chi connectivity index (χ1) is 9.35. The molecule has 2 N–H and O–H groups in total. The van der Waals surface area contributed by atoms with E-state index < -0.39 is 24.7 Å². The van der Waals surface area contributed by atoms with Gasteiger partial charge in [-0.1, -0.05) is 24.3 Å². The molecule has 1 aliphatic heterocycles. The summed E-state index contributed by atoms with van der Waals surface area (Å²) in [6.45, 7) is 1.92. The first-order valence-electron chi connectivity index (χ1n) is 6.52. The molecule has 1 amide bonds. The van der Waals surface area contributed by atoms with E-state index in [1.54, 1.807) is 0 Å². The summed E-state index contributed by atoms with van der Waals surface area (Å²) in [5.41, 5.74) is 2.19. The monoisotopic (exact) mass is 286 g/mol. The zero-order valence-electron chi connectivity index (χ0n) is 11.1. The molecule has 0 spiro atoms. The van der Waals surface area contributed by atoms with Crippen LogP contribution in [0.5, 0.6) is 0 Å². The lowest BCUT2D eigenvalue weighted by Crippen LogP contribution is -2.50. The van der Waals surface area contributed by atoms with Crippen LogP contribution < -0.4 is 10.6 Å². The zero-order valence-corrected chi connectivity index (χ0v) is 11.1. The Kier molecular flexibility index (Phi) is 4.32. The fraction of sp³-hybridized carbons (Fsp3) is 0.500. The van der Waals surface area contributed by atoms with Crippen LogP contribution in [0, 0.1) is 0 Å². The van der Waals surface area contributed by atoms with E-state index in [2.05, 4.69) is 10.6 Å². The van der Waals surface area contributed by atoms with Crippen molar-refractivity contribution in [1.29, 1.82) is 0 Å².